The normalized spacial score (nSPS) is 16.6. The minimum atomic E-state index is -1.10. The van der Waals surface area contributed by atoms with Gasteiger partial charge in [-0.15, -0.1) is 0 Å². The van der Waals surface area contributed by atoms with Crippen LogP contribution in [0.3, 0.4) is 0 Å². The summed E-state index contributed by atoms with van der Waals surface area (Å²) in [6.07, 6.45) is 0. The number of pyridine rings is 1. The molecule has 1 aliphatic heterocycles. The smallest absolute Gasteiger partial charge is 0.356 e. The number of hydrogen-bond acceptors (Lipinski definition) is 5. The first kappa shape index (κ1) is 12.9. The van der Waals surface area contributed by atoms with E-state index >= 15 is 0 Å². The van der Waals surface area contributed by atoms with Gasteiger partial charge in [0.05, 0.1) is 25.3 Å². The summed E-state index contributed by atoms with van der Waals surface area (Å²) in [7, 11) is 0. The van der Waals surface area contributed by atoms with Gasteiger partial charge in [0.2, 0.25) is 0 Å². The molecule has 1 fully saturated rings. The zero-order valence-electron chi connectivity index (χ0n) is 10.8. The fourth-order valence-corrected chi connectivity index (χ4v) is 2.41. The second-order valence-corrected chi connectivity index (χ2v) is 4.67. The van der Waals surface area contributed by atoms with E-state index in [0.717, 1.165) is 13.1 Å². The predicted molar refractivity (Wildman–Crippen MR) is 69.9 cm³/mol. The summed E-state index contributed by atoms with van der Waals surface area (Å²) >= 11 is 0. The third-order valence-electron chi connectivity index (χ3n) is 3.38. The number of aromatic nitrogens is 2. The van der Waals surface area contributed by atoms with Crippen LogP contribution in [0.15, 0.2) is 18.2 Å². The van der Waals surface area contributed by atoms with Gasteiger partial charge in [0.1, 0.15) is 5.82 Å². The van der Waals surface area contributed by atoms with E-state index in [1.165, 1.54) is 10.5 Å². The van der Waals surface area contributed by atoms with Crippen LogP contribution in [0.2, 0.25) is 0 Å². The number of carboxylic acid groups (broad SMARTS) is 1. The highest BCUT2D eigenvalue weighted by atomic mass is 16.5. The molecule has 0 unspecified atom stereocenters. The molecule has 3 rings (SSSR count). The monoisotopic (exact) mass is 277 g/mol. The van der Waals surface area contributed by atoms with Gasteiger partial charge in [-0.05, 0) is 12.1 Å². The van der Waals surface area contributed by atoms with Crippen molar-refractivity contribution in [2.45, 2.75) is 6.54 Å². The molecule has 2 N–H and O–H groups in total. The summed E-state index contributed by atoms with van der Waals surface area (Å²) < 4.78 is 6.76. The van der Waals surface area contributed by atoms with Crippen molar-refractivity contribution >= 4 is 11.5 Å². The number of aromatic carboxylic acids is 1. The van der Waals surface area contributed by atoms with Crippen molar-refractivity contribution in [1.82, 2.24) is 14.3 Å². The minimum Gasteiger partial charge on any atom is -0.494 e. The number of fused-ring (bicyclic) bond motifs is 1. The Labute approximate surface area is 115 Å². The second-order valence-electron chi connectivity index (χ2n) is 4.67. The highest BCUT2D eigenvalue weighted by Crippen LogP contribution is 2.21. The molecule has 0 amide bonds. The molecule has 0 saturated carbocycles. The van der Waals surface area contributed by atoms with Gasteiger partial charge < -0.3 is 14.9 Å². The molecule has 7 heteroatoms. The lowest BCUT2D eigenvalue weighted by Crippen LogP contribution is -2.36. The van der Waals surface area contributed by atoms with Crippen molar-refractivity contribution in [2.75, 3.05) is 26.3 Å². The first-order valence-corrected chi connectivity index (χ1v) is 6.39. The standard InChI is InChI=1S/C13H15N3O4/c17-11-3-1-2-9-12(13(18)19)14-10(16(9)11)8-15-4-6-20-7-5-15/h1-3,17H,4-8H2,(H,18,19). The van der Waals surface area contributed by atoms with Crippen LogP contribution in [-0.2, 0) is 11.3 Å². The zero-order chi connectivity index (χ0) is 14.1. The molecule has 2 aromatic rings. The number of rotatable bonds is 3. The Hall–Kier alpha value is -2.12. The van der Waals surface area contributed by atoms with E-state index in [4.69, 9.17) is 4.74 Å². The lowest BCUT2D eigenvalue weighted by Gasteiger charge is -2.25. The Balaban J connectivity index is 2.03. The van der Waals surface area contributed by atoms with Gasteiger partial charge in [0.25, 0.3) is 0 Å². The Kier molecular flexibility index (Phi) is 3.29. The zero-order valence-corrected chi connectivity index (χ0v) is 10.8. The molecule has 0 bridgehead atoms. The summed E-state index contributed by atoms with van der Waals surface area (Å²) in [6, 6.07) is 4.76. The number of hydrogen-bond donors (Lipinski definition) is 2. The SMILES string of the molecule is O=C(O)c1nc(CN2CCOCC2)n2c(O)cccc12. The molecule has 1 aliphatic rings. The molecule has 1 saturated heterocycles. The van der Waals surface area contributed by atoms with Crippen molar-refractivity contribution < 1.29 is 19.7 Å². The van der Waals surface area contributed by atoms with E-state index in [9.17, 15) is 15.0 Å². The van der Waals surface area contributed by atoms with Crippen molar-refractivity contribution in [3.8, 4) is 5.88 Å². The molecule has 0 aromatic carbocycles. The first-order chi connectivity index (χ1) is 9.66. The molecule has 20 heavy (non-hydrogen) atoms. The third kappa shape index (κ3) is 2.21. The molecule has 0 atom stereocenters. The summed E-state index contributed by atoms with van der Waals surface area (Å²) in [6.45, 7) is 3.33. The second kappa shape index (κ2) is 5.10. The fourth-order valence-electron chi connectivity index (χ4n) is 2.41. The van der Waals surface area contributed by atoms with Gasteiger partial charge in [-0.25, -0.2) is 9.78 Å². The molecule has 3 heterocycles. The number of imidazole rings is 1. The topological polar surface area (TPSA) is 87.3 Å². The number of nitrogens with zero attached hydrogens (tertiary/aromatic N) is 3. The maximum absolute atomic E-state index is 11.2. The molecule has 2 aromatic heterocycles. The predicted octanol–water partition coefficient (Wildman–Crippen LogP) is 0.570. The fraction of sp³-hybridized carbons (Fsp3) is 0.385. The van der Waals surface area contributed by atoms with Crippen LogP contribution >= 0.6 is 0 Å². The molecule has 106 valence electrons. The van der Waals surface area contributed by atoms with Crippen LogP contribution in [0.5, 0.6) is 5.88 Å². The molecular weight excluding hydrogens is 262 g/mol. The number of morpholine rings is 1. The quantitative estimate of drug-likeness (QED) is 0.853. The van der Waals surface area contributed by atoms with Gasteiger partial charge in [-0.1, -0.05) is 6.07 Å². The first-order valence-electron chi connectivity index (χ1n) is 6.39. The third-order valence-corrected chi connectivity index (χ3v) is 3.38. The maximum atomic E-state index is 11.2. The lowest BCUT2D eigenvalue weighted by atomic mass is 10.3. The van der Waals surface area contributed by atoms with Crippen molar-refractivity contribution in [2.24, 2.45) is 0 Å². The Morgan fingerprint density at radius 2 is 2.10 bits per heavy atom. The van der Waals surface area contributed by atoms with Gasteiger partial charge in [0.15, 0.2) is 11.6 Å². The van der Waals surface area contributed by atoms with Crippen molar-refractivity contribution in [1.29, 1.82) is 0 Å². The maximum Gasteiger partial charge on any atom is 0.356 e. The van der Waals surface area contributed by atoms with E-state index in [1.807, 2.05) is 0 Å². The van der Waals surface area contributed by atoms with Crippen molar-refractivity contribution in [3.63, 3.8) is 0 Å². The van der Waals surface area contributed by atoms with Crippen LogP contribution in [0.25, 0.3) is 5.52 Å². The van der Waals surface area contributed by atoms with E-state index in [0.29, 0.717) is 31.1 Å². The number of carbonyl (C=O) groups is 1. The van der Waals surface area contributed by atoms with Crippen LogP contribution in [0.1, 0.15) is 16.3 Å². The summed E-state index contributed by atoms with van der Waals surface area (Å²) in [5.41, 5.74) is 0.366. The van der Waals surface area contributed by atoms with Crippen LogP contribution < -0.4 is 0 Å². The molecule has 0 spiro atoms. The number of aromatic hydroxyl groups is 1. The molecule has 0 aliphatic carbocycles. The number of carboxylic acids is 1. The average Bonchev–Trinajstić information content (AvgIpc) is 2.80. The van der Waals surface area contributed by atoms with Crippen molar-refractivity contribution in [3.05, 3.63) is 29.7 Å². The largest absolute Gasteiger partial charge is 0.494 e. The van der Waals surface area contributed by atoms with E-state index < -0.39 is 5.97 Å². The molecular formula is C13H15N3O4. The summed E-state index contributed by atoms with van der Waals surface area (Å²) in [5, 5.41) is 19.2. The van der Waals surface area contributed by atoms with Gasteiger partial charge >= 0.3 is 5.97 Å². The Bertz CT molecular complexity index is 646. The van der Waals surface area contributed by atoms with E-state index in [2.05, 4.69) is 9.88 Å². The van der Waals surface area contributed by atoms with Gasteiger partial charge in [0, 0.05) is 13.1 Å². The van der Waals surface area contributed by atoms with Crippen LogP contribution in [-0.4, -0.2) is 56.8 Å². The highest BCUT2D eigenvalue weighted by molar-refractivity contribution is 5.93. The lowest BCUT2D eigenvalue weighted by molar-refractivity contribution is 0.0328. The van der Waals surface area contributed by atoms with Gasteiger partial charge in [-0.3, -0.25) is 9.30 Å². The van der Waals surface area contributed by atoms with E-state index in [1.54, 1.807) is 12.1 Å². The van der Waals surface area contributed by atoms with Crippen LogP contribution in [0.4, 0.5) is 0 Å². The highest BCUT2D eigenvalue weighted by Gasteiger charge is 2.21. The molecule has 0 radical (unpaired) electrons. The minimum absolute atomic E-state index is 0.00856. The average molecular weight is 277 g/mol. The number of ether oxygens (including phenoxy) is 1. The van der Waals surface area contributed by atoms with Crippen LogP contribution in [0, 0.1) is 0 Å². The van der Waals surface area contributed by atoms with Gasteiger partial charge in [-0.2, -0.15) is 0 Å². The Morgan fingerprint density at radius 1 is 1.35 bits per heavy atom. The molecule has 7 nitrogen and oxygen atoms in total. The summed E-state index contributed by atoms with van der Waals surface area (Å²) in [4.78, 5) is 17.5. The Morgan fingerprint density at radius 3 is 2.80 bits per heavy atom. The van der Waals surface area contributed by atoms with E-state index in [-0.39, 0.29) is 11.6 Å². The summed E-state index contributed by atoms with van der Waals surface area (Å²) in [5.74, 6) is -0.579.